The number of nitrogens with zero attached hydrogens (tertiary/aromatic N) is 1. The van der Waals surface area contributed by atoms with Crippen LogP contribution in [0.25, 0.3) is 0 Å². The van der Waals surface area contributed by atoms with Crippen LogP contribution in [-0.4, -0.2) is 29.1 Å². The monoisotopic (exact) mass is 441 g/mol. The van der Waals surface area contributed by atoms with Crippen LogP contribution in [0, 0.1) is 0 Å². The molecule has 1 rings (SSSR count). The van der Waals surface area contributed by atoms with E-state index in [1.165, 1.54) is 0 Å². The van der Waals surface area contributed by atoms with E-state index in [4.69, 9.17) is 28.4 Å². The maximum absolute atomic E-state index is 14.0. The molecule has 0 unspecified atom stereocenters. The average molecular weight is 442 g/mol. The second kappa shape index (κ2) is 6.83. The molecule has 0 aromatic heterocycles. The quantitative estimate of drug-likeness (QED) is 0.274. The van der Waals surface area contributed by atoms with Gasteiger partial charge < -0.3 is 9.94 Å². The fourth-order valence-corrected chi connectivity index (χ4v) is 2.27. The van der Waals surface area contributed by atoms with E-state index in [0.717, 1.165) is 0 Å². The highest BCUT2D eigenvalue weighted by atomic mass is 35.5. The first kappa shape index (κ1) is 22.4. The normalized spacial score (nSPS) is 14.5. The number of halogens is 12. The minimum atomic E-state index is -6.61. The molecule has 1 aromatic rings. The number of oxime groups is 1. The van der Waals surface area contributed by atoms with Gasteiger partial charge in [-0.25, -0.2) is 4.39 Å². The molecule has 0 atom stereocenters. The van der Waals surface area contributed by atoms with Crippen molar-refractivity contribution in [3.63, 3.8) is 0 Å². The fraction of sp³-hybridized carbons (Fsp3) is 0.364. The van der Waals surface area contributed by atoms with E-state index in [9.17, 15) is 43.9 Å². The highest BCUT2D eigenvalue weighted by Crippen LogP contribution is 2.54. The van der Waals surface area contributed by atoms with Crippen LogP contribution in [0.3, 0.4) is 0 Å². The lowest BCUT2D eigenvalue weighted by molar-refractivity contribution is -0.348. The molecule has 0 aliphatic heterocycles. The van der Waals surface area contributed by atoms with Gasteiger partial charge in [-0.15, -0.1) is 13.2 Å². The zero-order valence-electron chi connectivity index (χ0n) is 11.5. The van der Waals surface area contributed by atoms with Gasteiger partial charge in [-0.2, -0.15) is 26.3 Å². The van der Waals surface area contributed by atoms with Crippen LogP contribution in [-0.2, 0) is 5.67 Å². The SMILES string of the molecule is O/N=C(\Cl)c1c(Cl)cc(C(F)(C(F)(F)F)C(F)(F)F)cc1OC(F)(F)F. The van der Waals surface area contributed by atoms with E-state index in [1.807, 2.05) is 0 Å². The van der Waals surface area contributed by atoms with Crippen LogP contribution in [0.2, 0.25) is 5.02 Å². The lowest BCUT2D eigenvalue weighted by atomic mass is 9.93. The third kappa shape index (κ3) is 4.19. The Morgan fingerprint density at radius 2 is 1.38 bits per heavy atom. The van der Waals surface area contributed by atoms with Gasteiger partial charge in [-0.1, -0.05) is 28.4 Å². The van der Waals surface area contributed by atoms with Gasteiger partial charge in [0.2, 0.25) is 0 Å². The van der Waals surface area contributed by atoms with E-state index < -0.39 is 57.5 Å². The summed E-state index contributed by atoms with van der Waals surface area (Å²) >= 11 is 10.5. The van der Waals surface area contributed by atoms with Gasteiger partial charge in [-0.05, 0) is 12.1 Å². The summed E-state index contributed by atoms with van der Waals surface area (Å²) in [6.45, 7) is 0. The van der Waals surface area contributed by atoms with Crippen LogP contribution < -0.4 is 4.74 Å². The van der Waals surface area contributed by atoms with E-state index in [-0.39, 0.29) is 6.07 Å². The van der Waals surface area contributed by atoms with Crippen molar-refractivity contribution in [2.45, 2.75) is 24.4 Å². The van der Waals surface area contributed by atoms with Gasteiger partial charge in [0.05, 0.1) is 10.6 Å². The predicted octanol–water partition coefficient (Wildman–Crippen LogP) is 5.90. The highest BCUT2D eigenvalue weighted by Gasteiger charge is 2.73. The van der Waals surface area contributed by atoms with Crippen molar-refractivity contribution in [1.29, 1.82) is 0 Å². The molecule has 148 valence electrons. The number of hydrogen-bond donors (Lipinski definition) is 1. The number of ether oxygens (including phenoxy) is 1. The molecule has 0 heterocycles. The molecule has 3 nitrogen and oxygen atoms in total. The first-order chi connectivity index (χ1) is 11.5. The van der Waals surface area contributed by atoms with Crippen LogP contribution >= 0.6 is 23.2 Å². The van der Waals surface area contributed by atoms with Gasteiger partial charge >= 0.3 is 24.4 Å². The van der Waals surface area contributed by atoms with Gasteiger partial charge in [0.1, 0.15) is 5.75 Å². The summed E-state index contributed by atoms with van der Waals surface area (Å²) in [5.41, 5.74) is -9.65. The Kier molecular flexibility index (Phi) is 5.89. The van der Waals surface area contributed by atoms with E-state index in [0.29, 0.717) is 0 Å². The Balaban J connectivity index is 3.85. The fourth-order valence-electron chi connectivity index (χ4n) is 1.72. The van der Waals surface area contributed by atoms with E-state index >= 15 is 0 Å². The van der Waals surface area contributed by atoms with E-state index in [1.54, 1.807) is 0 Å². The smallest absolute Gasteiger partial charge is 0.410 e. The summed E-state index contributed by atoms with van der Waals surface area (Å²) in [6, 6.07) is -0.822. The van der Waals surface area contributed by atoms with Crippen molar-refractivity contribution >= 4 is 28.4 Å². The van der Waals surface area contributed by atoms with Crippen LogP contribution in [0.1, 0.15) is 11.1 Å². The second-order valence-corrected chi connectivity index (χ2v) is 5.19. The molecule has 0 amide bonds. The zero-order valence-corrected chi connectivity index (χ0v) is 13.0. The first-order valence-corrected chi connectivity index (χ1v) is 6.51. The Morgan fingerprint density at radius 3 is 1.73 bits per heavy atom. The molecular formula is C11H3Cl2F10NO2. The molecule has 15 heteroatoms. The predicted molar refractivity (Wildman–Crippen MR) is 67.2 cm³/mol. The highest BCUT2D eigenvalue weighted by molar-refractivity contribution is 6.70. The molecular weight excluding hydrogens is 439 g/mol. The summed E-state index contributed by atoms with van der Waals surface area (Å²) in [6.07, 6.45) is -18.9. The maximum atomic E-state index is 14.0. The maximum Gasteiger partial charge on any atom is 0.573 e. The first-order valence-electron chi connectivity index (χ1n) is 5.75. The van der Waals surface area contributed by atoms with Crippen molar-refractivity contribution in [1.82, 2.24) is 0 Å². The topological polar surface area (TPSA) is 41.8 Å². The molecule has 1 aromatic carbocycles. The van der Waals surface area contributed by atoms with Crippen LogP contribution in [0.4, 0.5) is 43.9 Å². The third-order valence-electron chi connectivity index (χ3n) is 2.75. The molecule has 26 heavy (non-hydrogen) atoms. The van der Waals surface area contributed by atoms with E-state index in [2.05, 4.69) is 9.89 Å². The largest absolute Gasteiger partial charge is 0.573 e. The summed E-state index contributed by atoms with van der Waals surface area (Å²) in [5, 5.41) is 8.05. The summed E-state index contributed by atoms with van der Waals surface area (Å²) in [5.74, 6) is -1.85. The molecule has 1 N–H and O–H groups in total. The Bertz CT molecular complexity index is 697. The Morgan fingerprint density at radius 1 is 0.923 bits per heavy atom. The van der Waals surface area contributed by atoms with Gasteiger partial charge in [0, 0.05) is 5.56 Å². The third-order valence-corrected chi connectivity index (χ3v) is 3.32. The number of alkyl halides is 10. The molecule has 0 fully saturated rings. The standard InChI is InChI=1S/C11H3Cl2F10NO2/c12-4-1-3(8(14,9(15,16)17)10(18,19)20)2-5(26-11(21,22)23)6(4)7(13)24-25/h1-2,25H/b24-7-. The van der Waals surface area contributed by atoms with Crippen molar-refractivity contribution in [2.24, 2.45) is 5.16 Å². The average Bonchev–Trinajstić information content (AvgIpc) is 2.40. The summed E-state index contributed by atoms with van der Waals surface area (Å²) in [4.78, 5) is 0. The van der Waals surface area contributed by atoms with Crippen LogP contribution in [0.15, 0.2) is 17.3 Å². The summed E-state index contributed by atoms with van der Waals surface area (Å²) < 4.78 is 131. The van der Waals surface area contributed by atoms with Crippen molar-refractivity contribution in [3.8, 4) is 5.75 Å². The number of rotatable bonds is 3. The van der Waals surface area contributed by atoms with Crippen molar-refractivity contribution in [2.75, 3.05) is 0 Å². The van der Waals surface area contributed by atoms with Crippen LogP contribution in [0.5, 0.6) is 5.75 Å². The van der Waals surface area contributed by atoms with Crippen molar-refractivity contribution < 1.29 is 53.8 Å². The lowest BCUT2D eigenvalue weighted by Crippen LogP contribution is -2.50. The number of benzene rings is 1. The summed E-state index contributed by atoms with van der Waals surface area (Å²) in [7, 11) is 0. The Labute approximate surface area is 146 Å². The lowest BCUT2D eigenvalue weighted by Gasteiger charge is -2.31. The molecule has 0 spiro atoms. The minimum absolute atomic E-state index is 0.269. The molecule has 0 saturated carbocycles. The van der Waals surface area contributed by atoms with Gasteiger partial charge in [0.25, 0.3) is 0 Å². The Hall–Kier alpha value is -1.63. The molecule has 0 saturated heterocycles. The molecule has 0 aliphatic rings. The molecule has 0 radical (unpaired) electrons. The van der Waals surface area contributed by atoms with Crippen molar-refractivity contribution in [3.05, 3.63) is 28.3 Å². The minimum Gasteiger partial charge on any atom is -0.410 e. The second-order valence-electron chi connectivity index (χ2n) is 4.42. The van der Waals surface area contributed by atoms with Gasteiger partial charge in [-0.3, -0.25) is 0 Å². The molecule has 0 bridgehead atoms. The number of hydrogen-bond acceptors (Lipinski definition) is 3. The molecule has 0 aliphatic carbocycles. The zero-order chi connectivity index (χ0) is 20.7. The van der Waals surface area contributed by atoms with Gasteiger partial charge in [0.15, 0.2) is 5.17 Å².